The molecule has 10 heteroatoms. The number of hydrazine groups is 1. The van der Waals surface area contributed by atoms with Crippen molar-refractivity contribution in [3.05, 3.63) is 40.9 Å². The van der Waals surface area contributed by atoms with Gasteiger partial charge >= 0.3 is 6.03 Å². The van der Waals surface area contributed by atoms with Crippen molar-refractivity contribution in [1.29, 1.82) is 0 Å². The first-order chi connectivity index (χ1) is 15.8. The van der Waals surface area contributed by atoms with Gasteiger partial charge in [0.1, 0.15) is 22.0 Å². The van der Waals surface area contributed by atoms with Gasteiger partial charge in [0.05, 0.1) is 5.69 Å². The quantitative estimate of drug-likeness (QED) is 0.459. The molecule has 2 fully saturated rings. The van der Waals surface area contributed by atoms with Crippen LogP contribution in [0.3, 0.4) is 0 Å². The van der Waals surface area contributed by atoms with Gasteiger partial charge in [-0.1, -0.05) is 43.7 Å². The maximum Gasteiger partial charge on any atom is 0.325 e. The number of carbonyl (C=O) groups is 4. The van der Waals surface area contributed by atoms with Gasteiger partial charge in [-0.05, 0) is 38.5 Å². The summed E-state index contributed by atoms with van der Waals surface area (Å²) in [6, 6.07) is 8.92. The zero-order chi connectivity index (χ0) is 23.6. The van der Waals surface area contributed by atoms with Crippen LogP contribution in [0.5, 0.6) is 0 Å². The van der Waals surface area contributed by atoms with Crippen molar-refractivity contribution in [2.45, 2.75) is 51.5 Å². The lowest BCUT2D eigenvalue weighted by Gasteiger charge is -2.34. The Morgan fingerprint density at radius 1 is 1.18 bits per heavy atom. The van der Waals surface area contributed by atoms with E-state index in [9.17, 15) is 19.2 Å². The largest absolute Gasteiger partial charge is 0.325 e. The number of benzene rings is 1. The summed E-state index contributed by atoms with van der Waals surface area (Å²) in [5.41, 5.74) is 5.19. The van der Waals surface area contributed by atoms with Gasteiger partial charge in [-0.15, -0.1) is 11.3 Å². The molecule has 2 aromatic rings. The van der Waals surface area contributed by atoms with E-state index in [0.717, 1.165) is 29.7 Å². The van der Waals surface area contributed by atoms with E-state index in [2.05, 4.69) is 28.1 Å². The normalized spacial score (nSPS) is 22.4. The molecule has 33 heavy (non-hydrogen) atoms. The fraction of sp³-hybridized carbons (Fsp3) is 0.435. The minimum Gasteiger partial charge on any atom is -0.323 e. The Bertz CT molecular complexity index is 1080. The number of hydrogen-bond acceptors (Lipinski definition) is 6. The van der Waals surface area contributed by atoms with Crippen LogP contribution in [0.2, 0.25) is 0 Å². The monoisotopic (exact) mass is 469 g/mol. The number of rotatable bonds is 5. The third kappa shape index (κ3) is 4.61. The molecule has 0 atom stereocenters. The van der Waals surface area contributed by atoms with Crippen LogP contribution in [0.1, 0.15) is 54.4 Å². The zero-order valence-corrected chi connectivity index (χ0v) is 19.5. The predicted molar refractivity (Wildman–Crippen MR) is 123 cm³/mol. The molecule has 1 saturated carbocycles. The minimum atomic E-state index is -0.903. The van der Waals surface area contributed by atoms with Gasteiger partial charge in [-0.3, -0.25) is 30.1 Å². The third-order valence-electron chi connectivity index (χ3n) is 6.42. The molecule has 1 aliphatic carbocycles. The van der Waals surface area contributed by atoms with Crippen LogP contribution in [-0.2, 0) is 9.59 Å². The van der Waals surface area contributed by atoms with Crippen molar-refractivity contribution in [3.8, 4) is 10.6 Å². The fourth-order valence-corrected chi connectivity index (χ4v) is 5.38. The molecule has 0 radical (unpaired) electrons. The highest BCUT2D eigenvalue weighted by atomic mass is 32.1. The Morgan fingerprint density at radius 2 is 1.88 bits per heavy atom. The number of aromatic nitrogens is 1. The van der Waals surface area contributed by atoms with Crippen LogP contribution in [0, 0.1) is 12.8 Å². The smallest absolute Gasteiger partial charge is 0.323 e. The second-order valence-corrected chi connectivity index (χ2v) is 9.56. The van der Waals surface area contributed by atoms with Gasteiger partial charge < -0.3 is 5.32 Å². The standard InChI is InChI=1S/C23H27N5O4S/c1-3-15-9-11-23(12-10-15)21(31)28(22(32)25-23)13-17(29)26-27-19(30)18-14(2)24-20(33-18)16-7-5-4-6-8-16/h4-8,15H,3,9-13H2,1-2H3,(H,25,32)(H,26,29)(H,27,30). The number of amides is 5. The molecule has 4 rings (SSSR count). The number of imide groups is 1. The molecule has 2 heterocycles. The van der Waals surface area contributed by atoms with Crippen molar-refractivity contribution in [3.63, 3.8) is 0 Å². The summed E-state index contributed by atoms with van der Waals surface area (Å²) in [6.07, 6.45) is 3.96. The van der Waals surface area contributed by atoms with Crippen molar-refractivity contribution < 1.29 is 19.2 Å². The van der Waals surface area contributed by atoms with E-state index >= 15 is 0 Å². The molecule has 174 valence electrons. The number of hydrogen-bond donors (Lipinski definition) is 3. The Morgan fingerprint density at radius 3 is 2.55 bits per heavy atom. The zero-order valence-electron chi connectivity index (χ0n) is 18.6. The first-order valence-corrected chi connectivity index (χ1v) is 11.9. The molecule has 0 unspecified atom stereocenters. The average molecular weight is 470 g/mol. The predicted octanol–water partition coefficient (Wildman–Crippen LogP) is 2.77. The van der Waals surface area contributed by atoms with Crippen LogP contribution in [0.4, 0.5) is 4.79 Å². The number of nitrogens with zero attached hydrogens (tertiary/aromatic N) is 2. The van der Waals surface area contributed by atoms with Gasteiger partial charge in [-0.25, -0.2) is 9.78 Å². The second kappa shape index (κ2) is 9.30. The summed E-state index contributed by atoms with van der Waals surface area (Å²) in [7, 11) is 0. The molecule has 0 bridgehead atoms. The van der Waals surface area contributed by atoms with Gasteiger partial charge in [0.2, 0.25) is 0 Å². The lowest BCUT2D eigenvalue weighted by Crippen LogP contribution is -2.51. The molecule has 5 amide bonds. The first kappa shape index (κ1) is 22.9. The SMILES string of the molecule is CCC1CCC2(CC1)NC(=O)N(CC(=O)NNC(=O)c1sc(-c3ccccc3)nc1C)C2=O. The van der Waals surface area contributed by atoms with E-state index in [-0.39, 0.29) is 5.91 Å². The lowest BCUT2D eigenvalue weighted by atomic mass is 9.75. The Kier molecular flexibility index (Phi) is 6.46. The van der Waals surface area contributed by atoms with Crippen molar-refractivity contribution >= 4 is 35.1 Å². The molecule has 1 aliphatic heterocycles. The van der Waals surface area contributed by atoms with Gasteiger partial charge in [0, 0.05) is 5.56 Å². The van der Waals surface area contributed by atoms with Crippen LogP contribution in [-0.4, -0.2) is 45.7 Å². The van der Waals surface area contributed by atoms with E-state index in [1.54, 1.807) is 6.92 Å². The first-order valence-electron chi connectivity index (χ1n) is 11.1. The number of thiazole rings is 1. The topological polar surface area (TPSA) is 120 Å². The number of urea groups is 1. The number of aryl methyl sites for hydroxylation is 1. The third-order valence-corrected chi connectivity index (χ3v) is 7.63. The summed E-state index contributed by atoms with van der Waals surface area (Å²) in [5.74, 6) is -0.969. The number of nitrogens with one attached hydrogen (secondary N) is 3. The van der Waals surface area contributed by atoms with Crippen molar-refractivity contribution in [2.75, 3.05) is 6.54 Å². The Labute approximate surface area is 195 Å². The molecule has 9 nitrogen and oxygen atoms in total. The van der Waals surface area contributed by atoms with Crippen LogP contribution in [0.25, 0.3) is 10.6 Å². The molecular formula is C23H27N5O4S. The van der Waals surface area contributed by atoms with Crippen LogP contribution >= 0.6 is 11.3 Å². The van der Waals surface area contributed by atoms with Crippen molar-refractivity contribution in [2.24, 2.45) is 5.92 Å². The van der Waals surface area contributed by atoms with Crippen molar-refractivity contribution in [1.82, 2.24) is 26.1 Å². The fourth-order valence-electron chi connectivity index (χ4n) is 4.41. The van der Waals surface area contributed by atoms with Gasteiger partial charge in [0.15, 0.2) is 0 Å². The molecular weight excluding hydrogens is 442 g/mol. The Hall–Kier alpha value is -3.27. The molecule has 1 saturated heterocycles. The summed E-state index contributed by atoms with van der Waals surface area (Å²) >= 11 is 1.22. The Balaban J connectivity index is 1.33. The van der Waals surface area contributed by atoms with E-state index in [1.165, 1.54) is 11.3 Å². The van der Waals surface area contributed by atoms with E-state index in [0.29, 0.717) is 34.3 Å². The van der Waals surface area contributed by atoms with Crippen LogP contribution in [0.15, 0.2) is 30.3 Å². The highest BCUT2D eigenvalue weighted by molar-refractivity contribution is 7.17. The summed E-state index contributed by atoms with van der Waals surface area (Å²) in [5, 5.41) is 3.50. The molecule has 2 aliphatic rings. The molecule has 1 aromatic carbocycles. The van der Waals surface area contributed by atoms with Gasteiger partial charge in [0.25, 0.3) is 17.7 Å². The van der Waals surface area contributed by atoms with E-state index in [4.69, 9.17) is 0 Å². The van der Waals surface area contributed by atoms with E-state index in [1.807, 2.05) is 30.3 Å². The highest BCUT2D eigenvalue weighted by Gasteiger charge is 2.52. The summed E-state index contributed by atoms with van der Waals surface area (Å²) in [6.45, 7) is 3.39. The molecule has 1 spiro atoms. The highest BCUT2D eigenvalue weighted by Crippen LogP contribution is 2.37. The summed E-state index contributed by atoms with van der Waals surface area (Å²) < 4.78 is 0. The summed E-state index contributed by atoms with van der Waals surface area (Å²) in [4.78, 5) is 56.0. The maximum atomic E-state index is 12.9. The molecule has 3 N–H and O–H groups in total. The average Bonchev–Trinajstić information content (AvgIpc) is 3.32. The minimum absolute atomic E-state index is 0.366. The van der Waals surface area contributed by atoms with E-state index < -0.39 is 29.9 Å². The van der Waals surface area contributed by atoms with Gasteiger partial charge in [-0.2, -0.15) is 0 Å². The number of carbonyl (C=O) groups excluding carboxylic acids is 4. The van der Waals surface area contributed by atoms with Crippen LogP contribution < -0.4 is 16.2 Å². The second-order valence-electron chi connectivity index (χ2n) is 8.56. The lowest BCUT2D eigenvalue weighted by molar-refractivity contribution is -0.136. The molecule has 1 aromatic heterocycles. The maximum absolute atomic E-state index is 12.9.